The van der Waals surface area contributed by atoms with Crippen LogP contribution in [0, 0.1) is 0 Å². The van der Waals surface area contributed by atoms with Gasteiger partial charge < -0.3 is 15.0 Å². The van der Waals surface area contributed by atoms with E-state index in [-0.39, 0.29) is 6.04 Å². The van der Waals surface area contributed by atoms with E-state index >= 15 is 0 Å². The predicted molar refractivity (Wildman–Crippen MR) is 98.3 cm³/mol. The Labute approximate surface area is 140 Å². The lowest BCUT2D eigenvalue weighted by Gasteiger charge is -2.35. The summed E-state index contributed by atoms with van der Waals surface area (Å²) < 4.78 is 5.52. The maximum absolute atomic E-state index is 5.52. The molecule has 0 aliphatic heterocycles. The van der Waals surface area contributed by atoms with Crippen LogP contribution in [0.5, 0.6) is 5.75 Å². The number of para-hydroxylation sites is 2. The zero-order valence-corrected chi connectivity index (χ0v) is 14.6. The van der Waals surface area contributed by atoms with Gasteiger partial charge in [-0.05, 0) is 37.6 Å². The van der Waals surface area contributed by atoms with E-state index in [0.717, 1.165) is 24.4 Å². The van der Waals surface area contributed by atoms with Crippen molar-refractivity contribution in [2.75, 3.05) is 25.6 Å². The zero-order valence-electron chi connectivity index (χ0n) is 14.6. The Bertz CT molecular complexity index is 585. The second-order valence-corrected chi connectivity index (χ2v) is 5.87. The second-order valence-electron chi connectivity index (χ2n) is 5.87. The monoisotopic (exact) mass is 312 g/mol. The molecule has 0 aliphatic rings. The van der Waals surface area contributed by atoms with Crippen LogP contribution in [-0.4, -0.2) is 26.7 Å². The highest BCUT2D eigenvalue weighted by atomic mass is 16.5. The van der Waals surface area contributed by atoms with Gasteiger partial charge in [0.25, 0.3) is 0 Å². The van der Waals surface area contributed by atoms with E-state index in [1.54, 1.807) is 7.11 Å². The normalized spacial score (nSPS) is 13.4. The molecule has 2 atom stereocenters. The number of benzene rings is 2. The molecule has 0 saturated carbocycles. The summed E-state index contributed by atoms with van der Waals surface area (Å²) in [5.41, 5.74) is 2.43. The van der Waals surface area contributed by atoms with Crippen LogP contribution in [0.3, 0.4) is 0 Å². The van der Waals surface area contributed by atoms with E-state index in [4.69, 9.17) is 4.74 Å². The summed E-state index contributed by atoms with van der Waals surface area (Å²) >= 11 is 0. The molecule has 0 fully saturated rings. The van der Waals surface area contributed by atoms with E-state index in [2.05, 4.69) is 73.6 Å². The fourth-order valence-corrected chi connectivity index (χ4v) is 2.89. The smallest absolute Gasteiger partial charge is 0.142 e. The molecular formula is C20H28N2O. The van der Waals surface area contributed by atoms with Crippen molar-refractivity contribution in [1.29, 1.82) is 0 Å². The van der Waals surface area contributed by atoms with E-state index < -0.39 is 0 Å². The molecule has 0 spiro atoms. The highest BCUT2D eigenvalue weighted by Gasteiger charge is 2.24. The Balaban J connectivity index is 2.27. The molecule has 0 radical (unpaired) electrons. The highest BCUT2D eigenvalue weighted by Crippen LogP contribution is 2.31. The summed E-state index contributed by atoms with van der Waals surface area (Å²) in [5.74, 6) is 0.907. The average molecular weight is 312 g/mol. The SMILES string of the molecule is CCCNC(c1ccccc1)C(C)N(C)c1ccccc1OC. The van der Waals surface area contributed by atoms with Crippen molar-refractivity contribution < 1.29 is 4.74 Å². The fraction of sp³-hybridized carbons (Fsp3) is 0.400. The molecule has 23 heavy (non-hydrogen) atoms. The third-order valence-electron chi connectivity index (χ3n) is 4.33. The number of hydrogen-bond acceptors (Lipinski definition) is 3. The Morgan fingerprint density at radius 1 is 1.04 bits per heavy atom. The van der Waals surface area contributed by atoms with Crippen molar-refractivity contribution in [2.24, 2.45) is 0 Å². The molecule has 0 aromatic heterocycles. The number of nitrogens with one attached hydrogen (secondary N) is 1. The third kappa shape index (κ3) is 4.26. The van der Waals surface area contributed by atoms with Gasteiger partial charge in [-0.2, -0.15) is 0 Å². The van der Waals surface area contributed by atoms with Crippen molar-refractivity contribution in [3.05, 3.63) is 60.2 Å². The van der Waals surface area contributed by atoms with Gasteiger partial charge in [-0.3, -0.25) is 0 Å². The van der Waals surface area contributed by atoms with Crippen LogP contribution >= 0.6 is 0 Å². The number of hydrogen-bond donors (Lipinski definition) is 1. The van der Waals surface area contributed by atoms with E-state index in [9.17, 15) is 0 Å². The predicted octanol–water partition coefficient (Wildman–Crippen LogP) is 4.26. The number of rotatable bonds is 8. The molecule has 2 aromatic rings. The van der Waals surface area contributed by atoms with Crippen molar-refractivity contribution in [3.63, 3.8) is 0 Å². The van der Waals surface area contributed by atoms with Crippen molar-refractivity contribution in [2.45, 2.75) is 32.4 Å². The molecular weight excluding hydrogens is 284 g/mol. The van der Waals surface area contributed by atoms with Crippen molar-refractivity contribution >= 4 is 5.69 Å². The van der Waals surface area contributed by atoms with Gasteiger partial charge in [0, 0.05) is 13.1 Å². The van der Waals surface area contributed by atoms with Crippen molar-refractivity contribution in [1.82, 2.24) is 5.32 Å². The summed E-state index contributed by atoms with van der Waals surface area (Å²) in [6, 6.07) is 19.4. The minimum atomic E-state index is 0.270. The number of anilines is 1. The highest BCUT2D eigenvalue weighted by molar-refractivity contribution is 5.58. The number of methoxy groups -OCH3 is 1. The first-order valence-electron chi connectivity index (χ1n) is 8.33. The van der Waals surface area contributed by atoms with Gasteiger partial charge in [-0.1, -0.05) is 49.4 Å². The molecule has 0 bridgehead atoms. The number of ether oxygens (including phenoxy) is 1. The first-order valence-corrected chi connectivity index (χ1v) is 8.33. The lowest BCUT2D eigenvalue weighted by molar-refractivity contribution is 0.407. The minimum absolute atomic E-state index is 0.270. The summed E-state index contributed by atoms with van der Waals surface area (Å²) in [4.78, 5) is 2.29. The standard InChI is InChI=1S/C20H28N2O/c1-5-15-21-20(17-11-7-6-8-12-17)16(2)22(3)18-13-9-10-14-19(18)23-4/h6-14,16,20-21H,5,15H2,1-4H3. The van der Waals surface area contributed by atoms with Crippen LogP contribution < -0.4 is 15.0 Å². The Hall–Kier alpha value is -2.00. The summed E-state index contributed by atoms with van der Waals surface area (Å²) in [6.45, 7) is 5.46. The second kappa shape index (κ2) is 8.59. The molecule has 0 heterocycles. The van der Waals surface area contributed by atoms with Gasteiger partial charge in [0.1, 0.15) is 5.75 Å². The first-order chi connectivity index (χ1) is 11.2. The van der Waals surface area contributed by atoms with Gasteiger partial charge >= 0.3 is 0 Å². The molecule has 3 nitrogen and oxygen atoms in total. The van der Waals surface area contributed by atoms with Gasteiger partial charge in [0.2, 0.25) is 0 Å². The number of nitrogens with zero attached hydrogens (tertiary/aromatic N) is 1. The Morgan fingerprint density at radius 3 is 2.35 bits per heavy atom. The fourth-order valence-electron chi connectivity index (χ4n) is 2.89. The molecule has 0 saturated heterocycles. The summed E-state index contributed by atoms with van der Waals surface area (Å²) in [6.07, 6.45) is 1.12. The summed E-state index contributed by atoms with van der Waals surface area (Å²) in [7, 11) is 3.85. The average Bonchev–Trinajstić information content (AvgIpc) is 2.62. The minimum Gasteiger partial charge on any atom is -0.495 e. The molecule has 3 heteroatoms. The van der Waals surface area contributed by atoms with Crippen LogP contribution in [0.4, 0.5) is 5.69 Å². The number of likely N-dealkylation sites (N-methyl/N-ethyl adjacent to an activating group) is 1. The van der Waals surface area contributed by atoms with Crippen LogP contribution in [0.15, 0.2) is 54.6 Å². The molecule has 2 unspecified atom stereocenters. The molecule has 124 valence electrons. The molecule has 2 rings (SSSR count). The maximum atomic E-state index is 5.52. The van der Waals surface area contributed by atoms with Crippen LogP contribution in [-0.2, 0) is 0 Å². The van der Waals surface area contributed by atoms with Gasteiger partial charge in [-0.25, -0.2) is 0 Å². The van der Waals surface area contributed by atoms with E-state index in [1.807, 2.05) is 12.1 Å². The quantitative estimate of drug-likeness (QED) is 0.788. The Morgan fingerprint density at radius 2 is 1.70 bits per heavy atom. The molecule has 1 N–H and O–H groups in total. The van der Waals surface area contributed by atoms with Crippen molar-refractivity contribution in [3.8, 4) is 5.75 Å². The third-order valence-corrected chi connectivity index (χ3v) is 4.33. The lowest BCUT2D eigenvalue weighted by atomic mass is 9.98. The van der Waals surface area contributed by atoms with Gasteiger partial charge in [0.05, 0.1) is 18.8 Å². The van der Waals surface area contributed by atoms with Crippen LogP contribution in [0.1, 0.15) is 31.9 Å². The van der Waals surface area contributed by atoms with Crippen LogP contribution in [0.2, 0.25) is 0 Å². The zero-order chi connectivity index (χ0) is 16.7. The summed E-state index contributed by atoms with van der Waals surface area (Å²) in [5, 5.41) is 3.69. The molecule has 0 aliphatic carbocycles. The largest absolute Gasteiger partial charge is 0.495 e. The molecule has 2 aromatic carbocycles. The lowest BCUT2D eigenvalue weighted by Crippen LogP contribution is -2.41. The Kier molecular flexibility index (Phi) is 6.48. The van der Waals surface area contributed by atoms with Gasteiger partial charge in [0.15, 0.2) is 0 Å². The van der Waals surface area contributed by atoms with E-state index in [1.165, 1.54) is 5.56 Å². The van der Waals surface area contributed by atoms with Crippen LogP contribution in [0.25, 0.3) is 0 Å². The first kappa shape index (κ1) is 17.4. The maximum Gasteiger partial charge on any atom is 0.142 e. The topological polar surface area (TPSA) is 24.5 Å². The van der Waals surface area contributed by atoms with E-state index in [0.29, 0.717) is 6.04 Å². The van der Waals surface area contributed by atoms with Gasteiger partial charge in [-0.15, -0.1) is 0 Å². The molecule has 0 amide bonds.